The van der Waals surface area contributed by atoms with Gasteiger partial charge in [0, 0.05) is 23.9 Å². The molecule has 5 nitrogen and oxygen atoms in total. The highest BCUT2D eigenvalue weighted by atomic mass is 16.1. The Kier molecular flexibility index (Phi) is 7.33. The van der Waals surface area contributed by atoms with Crippen LogP contribution >= 0.6 is 0 Å². The molecule has 0 amide bonds. The van der Waals surface area contributed by atoms with Gasteiger partial charge >= 0.3 is 0 Å². The number of para-hydroxylation sites is 1. The molecule has 0 saturated carbocycles. The average molecular weight is 441 g/mol. The first-order valence-electron chi connectivity index (χ1n) is 11.6. The molecule has 3 aromatic carbocycles. The van der Waals surface area contributed by atoms with Gasteiger partial charge in [0.05, 0.1) is 11.8 Å². The summed E-state index contributed by atoms with van der Waals surface area (Å²) in [6.45, 7) is 2.67. The fourth-order valence-corrected chi connectivity index (χ4v) is 4.31. The number of fused-ring (bicyclic) bond motifs is 1. The third-order valence-electron chi connectivity index (χ3n) is 6.28. The number of hydrogen-bond donors (Lipinski definition) is 2. The number of benzodiazepines with no additional fused rings is 1. The predicted octanol–water partition coefficient (Wildman–Crippen LogP) is 3.81. The molecule has 1 heterocycles. The number of carbonyl (C=O) groups is 1. The fourth-order valence-electron chi connectivity index (χ4n) is 4.31. The summed E-state index contributed by atoms with van der Waals surface area (Å²) in [5.41, 5.74) is 11.7. The molecule has 3 atom stereocenters. The van der Waals surface area contributed by atoms with Gasteiger partial charge in [-0.25, -0.2) is 0 Å². The van der Waals surface area contributed by atoms with E-state index in [2.05, 4.69) is 29.6 Å². The zero-order valence-electron chi connectivity index (χ0n) is 19.3. The van der Waals surface area contributed by atoms with Gasteiger partial charge in [0.15, 0.2) is 5.78 Å². The Bertz CT molecular complexity index is 1100. The summed E-state index contributed by atoms with van der Waals surface area (Å²) in [5, 5.41) is 3.39. The van der Waals surface area contributed by atoms with E-state index >= 15 is 0 Å². The second-order valence-electron chi connectivity index (χ2n) is 8.57. The first-order valence-corrected chi connectivity index (χ1v) is 11.6. The zero-order chi connectivity index (χ0) is 23.2. The highest BCUT2D eigenvalue weighted by Gasteiger charge is 2.35. The van der Waals surface area contributed by atoms with Crippen molar-refractivity contribution >= 4 is 17.2 Å². The molecule has 3 aromatic rings. The largest absolute Gasteiger partial charge is 0.356 e. The lowest BCUT2D eigenvalue weighted by Gasteiger charge is -2.30. The zero-order valence-corrected chi connectivity index (χ0v) is 19.3. The highest BCUT2D eigenvalue weighted by Crippen LogP contribution is 2.29. The van der Waals surface area contributed by atoms with Crippen molar-refractivity contribution in [1.29, 1.82) is 0 Å². The molecule has 5 heteroatoms. The van der Waals surface area contributed by atoms with Gasteiger partial charge in [-0.3, -0.25) is 9.79 Å². The Morgan fingerprint density at radius 2 is 1.64 bits per heavy atom. The lowest BCUT2D eigenvalue weighted by atomic mass is 10.00. The second-order valence-corrected chi connectivity index (χ2v) is 8.57. The van der Waals surface area contributed by atoms with E-state index in [9.17, 15) is 4.79 Å². The Balaban J connectivity index is 1.53. The van der Waals surface area contributed by atoms with E-state index in [0.717, 1.165) is 41.9 Å². The third-order valence-corrected chi connectivity index (χ3v) is 6.28. The molecular formula is C28H32N4O. The summed E-state index contributed by atoms with van der Waals surface area (Å²) in [4.78, 5) is 20.5. The molecule has 0 spiro atoms. The molecule has 170 valence electrons. The van der Waals surface area contributed by atoms with Gasteiger partial charge in [0.2, 0.25) is 0 Å². The number of Topliss-reactive ketones (excluding diaryl/α,β-unsaturated/α-hetero) is 1. The van der Waals surface area contributed by atoms with Gasteiger partial charge in [-0.1, -0.05) is 78.9 Å². The van der Waals surface area contributed by atoms with Crippen molar-refractivity contribution in [2.24, 2.45) is 10.7 Å². The molecule has 0 fully saturated rings. The molecule has 1 aliphatic heterocycles. The monoisotopic (exact) mass is 440 g/mol. The molecule has 4 rings (SSSR count). The first-order chi connectivity index (χ1) is 16.1. The summed E-state index contributed by atoms with van der Waals surface area (Å²) in [6, 6.07) is 27.5. The number of nitrogens with two attached hydrogens (primary N) is 1. The molecule has 0 aromatic heterocycles. The van der Waals surface area contributed by atoms with Crippen LogP contribution in [-0.4, -0.2) is 43.3 Å². The topological polar surface area (TPSA) is 70.7 Å². The Morgan fingerprint density at radius 3 is 2.36 bits per heavy atom. The maximum absolute atomic E-state index is 13.5. The maximum Gasteiger partial charge on any atom is 0.177 e. The number of nitrogens with zero attached hydrogens (tertiary/aromatic N) is 2. The SMILES string of the molecule is CC(NCCCc1ccccc1)C(=O)C1N=C(c2ccccc2)c2ccccc2N(C)[C@@H]1N. The molecule has 3 N–H and O–H groups in total. The fraction of sp³-hybridized carbons (Fsp3) is 0.286. The van der Waals surface area contributed by atoms with Crippen molar-refractivity contribution in [3.8, 4) is 0 Å². The number of carbonyl (C=O) groups excluding carboxylic acids is 1. The van der Waals surface area contributed by atoms with E-state index in [1.54, 1.807) is 0 Å². The van der Waals surface area contributed by atoms with E-state index in [1.807, 2.05) is 79.5 Å². The number of hydrogen-bond acceptors (Lipinski definition) is 5. The summed E-state index contributed by atoms with van der Waals surface area (Å²) in [7, 11) is 1.94. The van der Waals surface area contributed by atoms with E-state index in [0.29, 0.717) is 0 Å². The summed E-state index contributed by atoms with van der Waals surface area (Å²) in [5.74, 6) is 0.00954. The Labute approximate surface area is 196 Å². The number of anilines is 1. The maximum atomic E-state index is 13.5. The van der Waals surface area contributed by atoms with Crippen molar-refractivity contribution in [2.45, 2.75) is 38.0 Å². The van der Waals surface area contributed by atoms with Gasteiger partial charge in [-0.15, -0.1) is 0 Å². The summed E-state index contributed by atoms with van der Waals surface area (Å²) >= 11 is 0. The second kappa shape index (κ2) is 10.6. The van der Waals surface area contributed by atoms with Gasteiger partial charge in [0.1, 0.15) is 12.2 Å². The van der Waals surface area contributed by atoms with Crippen LogP contribution in [0.15, 0.2) is 89.9 Å². The summed E-state index contributed by atoms with van der Waals surface area (Å²) < 4.78 is 0. The summed E-state index contributed by atoms with van der Waals surface area (Å²) in [6.07, 6.45) is 1.39. The van der Waals surface area contributed by atoms with Crippen molar-refractivity contribution < 1.29 is 4.79 Å². The molecular weight excluding hydrogens is 408 g/mol. The standard InChI is InChI=1S/C28H32N4O/c1-20(30-19-11-14-21-12-5-3-6-13-21)27(33)26-28(29)32(2)24-18-10-9-17-23(24)25(31-26)22-15-7-4-8-16-22/h3-10,12-13,15-18,20,26,28,30H,11,14,19,29H2,1-2H3/t20?,26?,28-/m0/s1. The molecule has 0 aliphatic carbocycles. The number of likely N-dealkylation sites (N-methyl/N-ethyl adjacent to an activating group) is 1. The third kappa shape index (κ3) is 5.21. The quantitative estimate of drug-likeness (QED) is 0.523. The first kappa shape index (κ1) is 22.9. The minimum atomic E-state index is -0.672. The van der Waals surface area contributed by atoms with Gasteiger partial charge in [-0.2, -0.15) is 0 Å². The predicted molar refractivity (Wildman–Crippen MR) is 136 cm³/mol. The Morgan fingerprint density at radius 1 is 1.00 bits per heavy atom. The van der Waals surface area contributed by atoms with Crippen LogP contribution in [0.1, 0.15) is 30.0 Å². The van der Waals surface area contributed by atoms with Crippen LogP contribution in [0, 0.1) is 0 Å². The Hall–Kier alpha value is -3.28. The van der Waals surface area contributed by atoms with E-state index in [-0.39, 0.29) is 11.8 Å². The molecule has 0 bridgehead atoms. The number of ketones is 1. The normalized spacial score (nSPS) is 18.8. The van der Waals surface area contributed by atoms with Crippen molar-refractivity contribution in [3.63, 3.8) is 0 Å². The van der Waals surface area contributed by atoms with Gasteiger partial charge in [-0.05, 0) is 37.9 Å². The van der Waals surface area contributed by atoms with Crippen LogP contribution in [0.3, 0.4) is 0 Å². The average Bonchev–Trinajstić information content (AvgIpc) is 2.97. The minimum Gasteiger partial charge on any atom is -0.356 e. The molecule has 1 aliphatic rings. The molecule has 2 unspecified atom stereocenters. The smallest absolute Gasteiger partial charge is 0.177 e. The van der Waals surface area contributed by atoms with Crippen LogP contribution in [0.25, 0.3) is 0 Å². The minimum absolute atomic E-state index is 0.00954. The number of aliphatic imine (C=N–C) groups is 1. The van der Waals surface area contributed by atoms with Crippen LogP contribution < -0.4 is 16.0 Å². The molecule has 33 heavy (non-hydrogen) atoms. The van der Waals surface area contributed by atoms with Crippen molar-refractivity contribution in [3.05, 3.63) is 102 Å². The van der Waals surface area contributed by atoms with Crippen LogP contribution in [0.4, 0.5) is 5.69 Å². The van der Waals surface area contributed by atoms with E-state index in [1.165, 1.54) is 5.56 Å². The van der Waals surface area contributed by atoms with Gasteiger partial charge in [0.25, 0.3) is 0 Å². The van der Waals surface area contributed by atoms with Gasteiger partial charge < -0.3 is 16.0 Å². The number of aryl methyl sites for hydroxylation is 1. The van der Waals surface area contributed by atoms with E-state index < -0.39 is 12.2 Å². The number of nitrogens with one attached hydrogen (secondary N) is 1. The highest BCUT2D eigenvalue weighted by molar-refractivity contribution is 6.17. The van der Waals surface area contributed by atoms with Crippen LogP contribution in [0.5, 0.6) is 0 Å². The lowest BCUT2D eigenvalue weighted by molar-refractivity contribution is -0.122. The lowest BCUT2D eigenvalue weighted by Crippen LogP contribution is -2.54. The van der Waals surface area contributed by atoms with Crippen molar-refractivity contribution in [2.75, 3.05) is 18.5 Å². The number of rotatable bonds is 8. The van der Waals surface area contributed by atoms with Crippen LogP contribution in [0.2, 0.25) is 0 Å². The molecule has 0 radical (unpaired) electrons. The van der Waals surface area contributed by atoms with E-state index in [4.69, 9.17) is 10.7 Å². The molecule has 0 saturated heterocycles. The van der Waals surface area contributed by atoms with Crippen LogP contribution in [-0.2, 0) is 11.2 Å². The van der Waals surface area contributed by atoms with Crippen molar-refractivity contribution in [1.82, 2.24) is 5.32 Å². The number of benzene rings is 3.